The van der Waals surface area contributed by atoms with E-state index in [-0.39, 0.29) is 23.0 Å². The monoisotopic (exact) mass is 814 g/mol. The lowest BCUT2D eigenvalue weighted by atomic mass is 9.33. The van der Waals surface area contributed by atoms with Crippen LogP contribution in [-0.4, -0.2) is 6.71 Å². The molecule has 0 atom stereocenters. The number of fused-ring (bicyclic) bond motifs is 5. The maximum Gasteiger partial charge on any atom is 0.252 e. The minimum atomic E-state index is -0.0109. The SMILES string of the molecule is Cc1cc2c3c(c1)N(c1ccc(C(C)(C)C)cc1-c1ccccc1)c1cc4c(cc1B3c1ccc(-c3ccccc3)cc1N2c1cccc(-c2ccccc2)c1)C(C)(C)CC4(C)C. The third-order valence-corrected chi connectivity index (χ3v) is 14.2. The number of anilines is 6. The van der Waals surface area contributed by atoms with E-state index in [1.54, 1.807) is 0 Å². The van der Waals surface area contributed by atoms with E-state index in [1.165, 1.54) is 100 Å². The highest BCUT2D eigenvalue weighted by atomic mass is 15.2. The molecule has 0 unspecified atom stereocenters. The number of rotatable bonds is 5. The molecule has 0 amide bonds. The first-order chi connectivity index (χ1) is 30.3. The quantitative estimate of drug-likeness (QED) is 0.160. The molecule has 0 spiro atoms. The Kier molecular flexibility index (Phi) is 8.87. The molecular weight excluding hydrogens is 759 g/mol. The Morgan fingerprint density at radius 1 is 0.444 bits per heavy atom. The Balaban J connectivity index is 1.25. The first-order valence-electron chi connectivity index (χ1n) is 22.8. The van der Waals surface area contributed by atoms with Crippen LogP contribution in [0, 0.1) is 6.92 Å². The molecule has 2 nitrogen and oxygen atoms in total. The van der Waals surface area contributed by atoms with Gasteiger partial charge in [0, 0.05) is 34.0 Å². The Hall–Kier alpha value is -6.58. The van der Waals surface area contributed by atoms with Crippen LogP contribution in [0.2, 0.25) is 0 Å². The predicted molar refractivity (Wildman–Crippen MR) is 271 cm³/mol. The third kappa shape index (κ3) is 6.38. The molecule has 8 aromatic rings. The van der Waals surface area contributed by atoms with Gasteiger partial charge >= 0.3 is 0 Å². The molecule has 0 radical (unpaired) electrons. The van der Waals surface area contributed by atoms with Crippen molar-refractivity contribution in [1.82, 2.24) is 0 Å². The van der Waals surface area contributed by atoms with Crippen LogP contribution in [-0.2, 0) is 16.2 Å². The van der Waals surface area contributed by atoms with Crippen molar-refractivity contribution in [3.63, 3.8) is 0 Å². The average molecular weight is 815 g/mol. The Morgan fingerprint density at radius 2 is 1.00 bits per heavy atom. The molecule has 3 aliphatic rings. The summed E-state index contributed by atoms with van der Waals surface area (Å²) in [5, 5.41) is 0. The van der Waals surface area contributed by atoms with Gasteiger partial charge in [-0.1, -0.05) is 176 Å². The van der Waals surface area contributed by atoms with Crippen LogP contribution in [0.3, 0.4) is 0 Å². The molecule has 0 bridgehead atoms. The lowest BCUT2D eigenvalue weighted by Gasteiger charge is -2.45. The molecule has 1 aliphatic carbocycles. The molecule has 0 fully saturated rings. The fraction of sp³-hybridized carbons (Fsp3) is 0.200. The fourth-order valence-corrected chi connectivity index (χ4v) is 11.4. The van der Waals surface area contributed by atoms with Gasteiger partial charge in [0.25, 0.3) is 6.71 Å². The highest BCUT2D eigenvalue weighted by molar-refractivity contribution is 7.00. The second kappa shape index (κ2) is 14.2. The van der Waals surface area contributed by atoms with Gasteiger partial charge in [-0.25, -0.2) is 0 Å². The van der Waals surface area contributed by atoms with E-state index >= 15 is 0 Å². The van der Waals surface area contributed by atoms with Crippen molar-refractivity contribution in [2.45, 2.75) is 78.1 Å². The third-order valence-electron chi connectivity index (χ3n) is 14.2. The second-order valence-corrected chi connectivity index (χ2v) is 20.6. The number of aryl methyl sites for hydroxylation is 1. The zero-order valence-electron chi connectivity index (χ0n) is 37.9. The van der Waals surface area contributed by atoms with Crippen LogP contribution >= 0.6 is 0 Å². The molecule has 3 heteroatoms. The van der Waals surface area contributed by atoms with Crippen LogP contribution < -0.4 is 26.2 Å². The van der Waals surface area contributed by atoms with Crippen molar-refractivity contribution in [3.8, 4) is 33.4 Å². The number of nitrogens with zero attached hydrogens (tertiary/aromatic N) is 2. The zero-order valence-corrected chi connectivity index (χ0v) is 37.9. The smallest absolute Gasteiger partial charge is 0.252 e. The summed E-state index contributed by atoms with van der Waals surface area (Å²) in [5.74, 6) is 0. The maximum absolute atomic E-state index is 2.65. The van der Waals surface area contributed by atoms with E-state index in [9.17, 15) is 0 Å². The van der Waals surface area contributed by atoms with Crippen molar-refractivity contribution < 1.29 is 0 Å². The van der Waals surface area contributed by atoms with Crippen LogP contribution in [0.25, 0.3) is 33.4 Å². The summed E-state index contributed by atoms with van der Waals surface area (Å²) in [6.45, 7) is 19.1. The van der Waals surface area contributed by atoms with Crippen molar-refractivity contribution in [2.24, 2.45) is 0 Å². The van der Waals surface area contributed by atoms with Gasteiger partial charge in [0.15, 0.2) is 0 Å². The van der Waals surface area contributed by atoms with Crippen LogP contribution in [0.5, 0.6) is 0 Å². The van der Waals surface area contributed by atoms with Crippen LogP contribution in [0.1, 0.15) is 77.1 Å². The van der Waals surface area contributed by atoms with Gasteiger partial charge in [-0.2, -0.15) is 0 Å². The van der Waals surface area contributed by atoms with Crippen LogP contribution in [0.4, 0.5) is 34.1 Å². The Labute approximate surface area is 375 Å². The lowest BCUT2D eigenvalue weighted by Crippen LogP contribution is -2.61. The van der Waals surface area contributed by atoms with Crippen LogP contribution in [0.15, 0.2) is 176 Å². The Morgan fingerprint density at radius 3 is 1.63 bits per heavy atom. The number of hydrogen-bond acceptors (Lipinski definition) is 2. The lowest BCUT2D eigenvalue weighted by molar-refractivity contribution is 0.403. The summed E-state index contributed by atoms with van der Waals surface area (Å²) in [6, 6.07) is 66.5. The molecule has 0 N–H and O–H groups in total. The summed E-state index contributed by atoms with van der Waals surface area (Å²) in [4.78, 5) is 5.22. The molecule has 0 aromatic heterocycles. The van der Waals surface area contributed by atoms with E-state index in [1.807, 2.05) is 0 Å². The van der Waals surface area contributed by atoms with E-state index in [0.717, 1.165) is 12.1 Å². The topological polar surface area (TPSA) is 6.48 Å². The Bertz CT molecular complexity index is 3080. The van der Waals surface area contributed by atoms with Gasteiger partial charge in [-0.3, -0.25) is 0 Å². The second-order valence-electron chi connectivity index (χ2n) is 20.6. The van der Waals surface area contributed by atoms with Crippen molar-refractivity contribution in [2.75, 3.05) is 9.80 Å². The number of benzene rings is 8. The van der Waals surface area contributed by atoms with E-state index in [2.05, 4.69) is 241 Å². The molecule has 63 heavy (non-hydrogen) atoms. The average Bonchev–Trinajstić information content (AvgIpc) is 3.47. The van der Waals surface area contributed by atoms with E-state index < -0.39 is 0 Å². The van der Waals surface area contributed by atoms with Gasteiger partial charge in [-0.15, -0.1) is 0 Å². The van der Waals surface area contributed by atoms with Gasteiger partial charge in [0.1, 0.15) is 0 Å². The van der Waals surface area contributed by atoms with E-state index in [0.29, 0.717) is 0 Å². The minimum Gasteiger partial charge on any atom is -0.311 e. The molecule has 2 heterocycles. The summed E-state index contributed by atoms with van der Waals surface area (Å²) in [5.41, 5.74) is 24.3. The molecule has 2 aliphatic heterocycles. The highest BCUT2D eigenvalue weighted by Gasteiger charge is 2.48. The summed E-state index contributed by atoms with van der Waals surface area (Å²) in [7, 11) is 0. The summed E-state index contributed by atoms with van der Waals surface area (Å²) in [6.07, 6.45) is 1.11. The molecule has 0 saturated heterocycles. The van der Waals surface area contributed by atoms with E-state index in [4.69, 9.17) is 0 Å². The molecule has 11 rings (SSSR count). The zero-order chi connectivity index (χ0) is 43.4. The normalized spacial score (nSPS) is 15.4. The molecule has 308 valence electrons. The minimum absolute atomic E-state index is 0.0109. The van der Waals surface area contributed by atoms with Gasteiger partial charge < -0.3 is 9.80 Å². The van der Waals surface area contributed by atoms with Crippen molar-refractivity contribution in [3.05, 3.63) is 198 Å². The van der Waals surface area contributed by atoms with Gasteiger partial charge in [0.2, 0.25) is 0 Å². The van der Waals surface area contributed by atoms with Crippen molar-refractivity contribution in [1.29, 1.82) is 0 Å². The molecule has 8 aromatic carbocycles. The predicted octanol–water partition coefficient (Wildman–Crippen LogP) is 14.3. The fourth-order valence-electron chi connectivity index (χ4n) is 11.4. The van der Waals surface area contributed by atoms with Crippen molar-refractivity contribution >= 4 is 57.2 Å². The van der Waals surface area contributed by atoms with Gasteiger partial charge in [-0.05, 0) is 145 Å². The molecule has 0 saturated carbocycles. The van der Waals surface area contributed by atoms with Gasteiger partial charge in [0.05, 0.1) is 5.69 Å². The highest BCUT2D eigenvalue weighted by Crippen LogP contribution is 2.53. The summed E-state index contributed by atoms with van der Waals surface area (Å²) >= 11 is 0. The summed E-state index contributed by atoms with van der Waals surface area (Å²) < 4.78 is 0. The first kappa shape index (κ1) is 39.3. The molecular formula is C60H55BN2. The first-order valence-corrected chi connectivity index (χ1v) is 22.8. The number of hydrogen-bond donors (Lipinski definition) is 0. The standard InChI is InChI=1S/C60H55BN2/c1-39-31-55-57-56(32-39)63(52-30-28-45(58(2,3)4)35-47(52)42-23-16-11-17-24-42)54-37-49-48(59(5,6)38-60(49,7)8)36-51(54)61(57)50-29-27-44(41-21-14-10-15-22-41)34-53(50)62(55)46-26-18-25-43(33-46)40-19-12-9-13-20-40/h9-37H,38H2,1-8H3. The largest absolute Gasteiger partial charge is 0.311 e. The maximum atomic E-state index is 2.65.